The Morgan fingerprint density at radius 1 is 1.21 bits per heavy atom. The minimum Gasteiger partial charge on any atom is -0.497 e. The van der Waals surface area contributed by atoms with Gasteiger partial charge in [-0.05, 0) is 36.7 Å². The second kappa shape index (κ2) is 6.70. The normalized spacial score (nSPS) is 10.4. The van der Waals surface area contributed by atoms with Crippen LogP contribution in [0.5, 0.6) is 5.75 Å². The largest absolute Gasteiger partial charge is 0.497 e. The highest BCUT2D eigenvalue weighted by atomic mass is 16.5. The molecule has 0 aliphatic heterocycles. The third kappa shape index (κ3) is 4.22. The molecule has 0 radical (unpaired) electrons. The minimum atomic E-state index is 0.502. The number of nitrogens with two attached hydrogens (primary N) is 1. The van der Waals surface area contributed by atoms with Crippen LogP contribution in [0.4, 0.5) is 5.82 Å². The standard InChI is InChI=1S/C14H18N4O/c1-19-12-4-2-11(3-5-12)6-8-16-10-14-17-9-7-13(15)18-14/h2-5,7,9,16H,6,8,10H2,1H3,(H2,15,17,18). The quantitative estimate of drug-likeness (QED) is 0.766. The minimum absolute atomic E-state index is 0.502. The van der Waals surface area contributed by atoms with Crippen LogP contribution in [0.3, 0.4) is 0 Å². The van der Waals surface area contributed by atoms with Crippen molar-refractivity contribution in [1.29, 1.82) is 0 Å². The molecule has 0 aliphatic carbocycles. The van der Waals surface area contributed by atoms with Crippen molar-refractivity contribution in [3.63, 3.8) is 0 Å². The van der Waals surface area contributed by atoms with Crippen molar-refractivity contribution in [2.45, 2.75) is 13.0 Å². The molecule has 19 heavy (non-hydrogen) atoms. The molecule has 0 fully saturated rings. The number of nitrogens with one attached hydrogen (secondary N) is 1. The Morgan fingerprint density at radius 2 is 2.00 bits per heavy atom. The van der Waals surface area contributed by atoms with Crippen LogP contribution < -0.4 is 15.8 Å². The van der Waals surface area contributed by atoms with Crippen LogP contribution in [-0.4, -0.2) is 23.6 Å². The van der Waals surface area contributed by atoms with Crippen molar-refractivity contribution < 1.29 is 4.74 Å². The van der Waals surface area contributed by atoms with E-state index in [1.54, 1.807) is 19.4 Å². The molecule has 1 heterocycles. The summed E-state index contributed by atoms with van der Waals surface area (Å²) in [4.78, 5) is 8.26. The molecule has 0 aliphatic rings. The fraction of sp³-hybridized carbons (Fsp3) is 0.286. The van der Waals surface area contributed by atoms with E-state index in [9.17, 15) is 0 Å². The smallest absolute Gasteiger partial charge is 0.144 e. The lowest BCUT2D eigenvalue weighted by Gasteiger charge is -2.05. The van der Waals surface area contributed by atoms with Crippen molar-refractivity contribution in [3.8, 4) is 5.75 Å². The van der Waals surface area contributed by atoms with Crippen molar-refractivity contribution in [3.05, 3.63) is 47.9 Å². The van der Waals surface area contributed by atoms with E-state index < -0.39 is 0 Å². The molecular weight excluding hydrogens is 240 g/mol. The fourth-order valence-corrected chi connectivity index (χ4v) is 1.73. The van der Waals surface area contributed by atoms with Crippen LogP contribution in [0.1, 0.15) is 11.4 Å². The predicted octanol–water partition coefficient (Wildman–Crippen LogP) is 1.40. The van der Waals surface area contributed by atoms with Crippen molar-refractivity contribution >= 4 is 5.82 Å². The van der Waals surface area contributed by atoms with E-state index >= 15 is 0 Å². The van der Waals surface area contributed by atoms with Crippen LogP contribution in [0.25, 0.3) is 0 Å². The van der Waals surface area contributed by atoms with E-state index in [0.717, 1.165) is 24.5 Å². The van der Waals surface area contributed by atoms with Gasteiger partial charge in [-0.2, -0.15) is 0 Å². The highest BCUT2D eigenvalue weighted by molar-refractivity contribution is 5.27. The maximum atomic E-state index is 5.59. The second-order valence-corrected chi connectivity index (χ2v) is 4.17. The van der Waals surface area contributed by atoms with Gasteiger partial charge in [-0.15, -0.1) is 0 Å². The molecule has 0 unspecified atom stereocenters. The lowest BCUT2D eigenvalue weighted by molar-refractivity contribution is 0.414. The molecule has 1 aromatic carbocycles. The molecule has 0 saturated heterocycles. The monoisotopic (exact) mass is 258 g/mol. The van der Waals surface area contributed by atoms with Crippen LogP contribution in [0, 0.1) is 0 Å². The summed E-state index contributed by atoms with van der Waals surface area (Å²) in [6, 6.07) is 9.75. The first-order valence-electron chi connectivity index (χ1n) is 6.19. The van der Waals surface area contributed by atoms with Gasteiger partial charge in [0.25, 0.3) is 0 Å². The molecule has 1 aromatic heterocycles. The van der Waals surface area contributed by atoms with Gasteiger partial charge in [0.1, 0.15) is 17.4 Å². The summed E-state index contributed by atoms with van der Waals surface area (Å²) in [7, 11) is 1.67. The Bertz CT molecular complexity index is 513. The number of hydrogen-bond acceptors (Lipinski definition) is 5. The lowest BCUT2D eigenvalue weighted by Crippen LogP contribution is -2.18. The van der Waals surface area contributed by atoms with Gasteiger partial charge in [-0.1, -0.05) is 12.1 Å². The van der Waals surface area contributed by atoms with Crippen LogP contribution in [0.2, 0.25) is 0 Å². The highest BCUT2D eigenvalue weighted by Crippen LogP contribution is 2.11. The van der Waals surface area contributed by atoms with Crippen molar-refractivity contribution in [1.82, 2.24) is 15.3 Å². The topological polar surface area (TPSA) is 73.1 Å². The molecule has 0 bridgehead atoms. The molecule has 0 saturated carbocycles. The van der Waals surface area contributed by atoms with Gasteiger partial charge in [0.15, 0.2) is 0 Å². The molecule has 2 rings (SSSR count). The van der Waals surface area contributed by atoms with Gasteiger partial charge < -0.3 is 15.8 Å². The van der Waals surface area contributed by atoms with Gasteiger partial charge in [0.2, 0.25) is 0 Å². The number of hydrogen-bond donors (Lipinski definition) is 2. The van der Waals surface area contributed by atoms with Crippen LogP contribution in [0.15, 0.2) is 36.5 Å². The zero-order valence-electron chi connectivity index (χ0n) is 11.0. The summed E-state index contributed by atoms with van der Waals surface area (Å²) < 4.78 is 5.12. The van der Waals surface area contributed by atoms with E-state index in [1.165, 1.54) is 5.56 Å². The Kier molecular flexibility index (Phi) is 4.69. The molecule has 3 N–H and O–H groups in total. The third-order valence-corrected chi connectivity index (χ3v) is 2.76. The SMILES string of the molecule is COc1ccc(CCNCc2nccc(N)n2)cc1. The molecule has 5 nitrogen and oxygen atoms in total. The number of nitrogens with zero attached hydrogens (tertiary/aromatic N) is 2. The third-order valence-electron chi connectivity index (χ3n) is 2.76. The average Bonchev–Trinajstić information content (AvgIpc) is 2.44. The average molecular weight is 258 g/mol. The lowest BCUT2D eigenvalue weighted by atomic mass is 10.1. The molecule has 0 atom stereocenters. The zero-order valence-corrected chi connectivity index (χ0v) is 11.0. The number of anilines is 1. The Labute approximate surface area is 112 Å². The Hall–Kier alpha value is -2.14. The summed E-state index contributed by atoms with van der Waals surface area (Å²) in [5, 5.41) is 3.29. The summed E-state index contributed by atoms with van der Waals surface area (Å²) >= 11 is 0. The highest BCUT2D eigenvalue weighted by Gasteiger charge is 1.98. The van der Waals surface area contributed by atoms with E-state index in [1.807, 2.05) is 12.1 Å². The number of benzene rings is 1. The summed E-state index contributed by atoms with van der Waals surface area (Å²) in [6.45, 7) is 1.49. The van der Waals surface area contributed by atoms with E-state index in [2.05, 4.69) is 27.4 Å². The molecule has 100 valence electrons. The first kappa shape index (κ1) is 13.3. The maximum absolute atomic E-state index is 5.59. The fourth-order valence-electron chi connectivity index (χ4n) is 1.73. The molecular formula is C14H18N4O. The van der Waals surface area contributed by atoms with Gasteiger partial charge >= 0.3 is 0 Å². The Balaban J connectivity index is 1.74. The number of nitrogen functional groups attached to an aromatic ring is 1. The molecule has 0 spiro atoms. The van der Waals surface area contributed by atoms with Gasteiger partial charge in [0, 0.05) is 6.20 Å². The van der Waals surface area contributed by atoms with Crippen molar-refractivity contribution in [2.24, 2.45) is 0 Å². The molecule has 2 aromatic rings. The predicted molar refractivity (Wildman–Crippen MR) is 74.8 cm³/mol. The maximum Gasteiger partial charge on any atom is 0.144 e. The zero-order chi connectivity index (χ0) is 13.5. The summed E-state index contributed by atoms with van der Waals surface area (Å²) in [5.74, 6) is 2.10. The Morgan fingerprint density at radius 3 is 2.68 bits per heavy atom. The molecule has 5 heteroatoms. The van der Waals surface area contributed by atoms with Gasteiger partial charge in [0.05, 0.1) is 13.7 Å². The van der Waals surface area contributed by atoms with Gasteiger partial charge in [-0.3, -0.25) is 0 Å². The second-order valence-electron chi connectivity index (χ2n) is 4.17. The van der Waals surface area contributed by atoms with Crippen LogP contribution >= 0.6 is 0 Å². The van der Waals surface area contributed by atoms with E-state index in [0.29, 0.717) is 12.4 Å². The summed E-state index contributed by atoms with van der Waals surface area (Å²) in [5.41, 5.74) is 6.86. The number of aromatic nitrogens is 2. The van der Waals surface area contributed by atoms with E-state index in [-0.39, 0.29) is 0 Å². The molecule has 0 amide bonds. The van der Waals surface area contributed by atoms with Gasteiger partial charge in [-0.25, -0.2) is 9.97 Å². The summed E-state index contributed by atoms with van der Waals surface area (Å²) in [6.07, 6.45) is 2.62. The number of ether oxygens (including phenoxy) is 1. The van der Waals surface area contributed by atoms with Crippen LogP contribution in [-0.2, 0) is 13.0 Å². The number of methoxy groups -OCH3 is 1. The van der Waals surface area contributed by atoms with E-state index in [4.69, 9.17) is 10.5 Å². The van der Waals surface area contributed by atoms with Crippen molar-refractivity contribution in [2.75, 3.05) is 19.4 Å². The first-order valence-corrected chi connectivity index (χ1v) is 6.19. The first-order chi connectivity index (χ1) is 9.28. The number of rotatable bonds is 6.